The van der Waals surface area contributed by atoms with Crippen molar-refractivity contribution < 1.29 is 8.85 Å². The third-order valence-corrected chi connectivity index (χ3v) is 6.14. The third kappa shape index (κ3) is 4.41. The van der Waals surface area contributed by atoms with Crippen LogP contribution in [-0.2, 0) is 15.3 Å². The van der Waals surface area contributed by atoms with E-state index in [2.05, 4.69) is 38.2 Å². The molecular weight excluding hydrogens is 240 g/mol. The van der Waals surface area contributed by atoms with E-state index in [4.69, 9.17) is 8.85 Å². The second kappa shape index (κ2) is 7.51. The van der Waals surface area contributed by atoms with E-state index < -0.39 is 8.56 Å². The van der Waals surface area contributed by atoms with Crippen molar-refractivity contribution in [1.82, 2.24) is 0 Å². The van der Waals surface area contributed by atoms with Gasteiger partial charge in [-0.25, -0.2) is 0 Å². The van der Waals surface area contributed by atoms with Gasteiger partial charge in [-0.1, -0.05) is 43.8 Å². The molecule has 1 atom stereocenters. The first-order valence-electron chi connectivity index (χ1n) is 6.63. The van der Waals surface area contributed by atoms with Crippen molar-refractivity contribution in [3.63, 3.8) is 0 Å². The van der Waals surface area contributed by atoms with Gasteiger partial charge in [0, 0.05) is 13.2 Å². The third-order valence-electron chi connectivity index (χ3n) is 3.15. The molecule has 0 saturated heterocycles. The van der Waals surface area contributed by atoms with E-state index in [0.717, 1.165) is 25.7 Å². The van der Waals surface area contributed by atoms with E-state index in [1.807, 2.05) is 19.1 Å². The van der Waals surface area contributed by atoms with Gasteiger partial charge in [-0.15, -0.1) is 0 Å². The summed E-state index contributed by atoms with van der Waals surface area (Å²) >= 11 is 0. The SMILES string of the molecule is C=Cc1ccccc1CCO[Si](C)(CC)OCC. The van der Waals surface area contributed by atoms with E-state index >= 15 is 0 Å². The Labute approximate surface area is 112 Å². The van der Waals surface area contributed by atoms with E-state index in [-0.39, 0.29) is 0 Å². The minimum absolute atomic E-state index is 0.724. The van der Waals surface area contributed by atoms with E-state index in [1.165, 1.54) is 11.1 Å². The highest BCUT2D eigenvalue weighted by Gasteiger charge is 2.28. The van der Waals surface area contributed by atoms with Crippen LogP contribution in [0.2, 0.25) is 12.6 Å². The Balaban J connectivity index is 2.52. The fraction of sp³-hybridized carbons (Fsp3) is 0.467. The lowest BCUT2D eigenvalue weighted by atomic mass is 10.1. The van der Waals surface area contributed by atoms with Crippen LogP contribution < -0.4 is 0 Å². The van der Waals surface area contributed by atoms with Gasteiger partial charge in [0.05, 0.1) is 0 Å². The lowest BCUT2D eigenvalue weighted by molar-refractivity contribution is 0.183. The van der Waals surface area contributed by atoms with Gasteiger partial charge in [-0.2, -0.15) is 0 Å². The Morgan fingerprint density at radius 3 is 2.56 bits per heavy atom. The summed E-state index contributed by atoms with van der Waals surface area (Å²) in [6, 6.07) is 9.30. The maximum Gasteiger partial charge on any atom is 0.334 e. The Kier molecular flexibility index (Phi) is 6.33. The number of rotatable bonds is 8. The van der Waals surface area contributed by atoms with Crippen LogP contribution in [0, 0.1) is 0 Å². The van der Waals surface area contributed by atoms with Crippen molar-refractivity contribution in [2.75, 3.05) is 13.2 Å². The summed E-state index contributed by atoms with van der Waals surface area (Å²) in [5, 5.41) is 0. The molecule has 1 rings (SSSR count). The average Bonchev–Trinajstić information content (AvgIpc) is 2.39. The smallest absolute Gasteiger partial charge is 0.334 e. The second-order valence-corrected chi connectivity index (χ2v) is 7.97. The Morgan fingerprint density at radius 2 is 1.94 bits per heavy atom. The van der Waals surface area contributed by atoms with Crippen molar-refractivity contribution in [1.29, 1.82) is 0 Å². The highest BCUT2D eigenvalue weighted by molar-refractivity contribution is 6.65. The lowest BCUT2D eigenvalue weighted by Gasteiger charge is -2.25. The molecule has 1 aromatic carbocycles. The van der Waals surface area contributed by atoms with E-state index in [0.29, 0.717) is 0 Å². The predicted molar refractivity (Wildman–Crippen MR) is 79.9 cm³/mol. The van der Waals surface area contributed by atoms with Gasteiger partial charge in [-0.05, 0) is 37.1 Å². The summed E-state index contributed by atoms with van der Waals surface area (Å²) in [5.41, 5.74) is 2.48. The van der Waals surface area contributed by atoms with Crippen LogP contribution in [0.25, 0.3) is 6.08 Å². The maximum atomic E-state index is 6.00. The van der Waals surface area contributed by atoms with Crippen molar-refractivity contribution in [3.8, 4) is 0 Å². The Morgan fingerprint density at radius 1 is 1.22 bits per heavy atom. The molecule has 0 radical (unpaired) electrons. The van der Waals surface area contributed by atoms with Crippen LogP contribution in [0.3, 0.4) is 0 Å². The first kappa shape index (κ1) is 15.2. The fourth-order valence-corrected chi connectivity index (χ4v) is 3.53. The molecule has 0 N–H and O–H groups in total. The molecule has 0 aliphatic carbocycles. The van der Waals surface area contributed by atoms with Gasteiger partial charge in [0.25, 0.3) is 0 Å². The quantitative estimate of drug-likeness (QED) is 0.660. The van der Waals surface area contributed by atoms with Crippen molar-refractivity contribution in [2.24, 2.45) is 0 Å². The highest BCUT2D eigenvalue weighted by atomic mass is 28.4. The zero-order valence-corrected chi connectivity index (χ0v) is 12.7. The summed E-state index contributed by atoms with van der Waals surface area (Å²) in [6.45, 7) is 11.6. The molecule has 0 fully saturated rings. The van der Waals surface area contributed by atoms with Gasteiger partial charge in [0.2, 0.25) is 0 Å². The first-order valence-corrected chi connectivity index (χ1v) is 9.15. The molecule has 18 heavy (non-hydrogen) atoms. The van der Waals surface area contributed by atoms with Crippen LogP contribution in [0.5, 0.6) is 0 Å². The molecule has 100 valence electrons. The normalized spacial score (nSPS) is 14.2. The van der Waals surface area contributed by atoms with Crippen LogP contribution >= 0.6 is 0 Å². The largest absolute Gasteiger partial charge is 0.395 e. The molecule has 0 amide bonds. The molecule has 0 heterocycles. The number of hydrogen-bond acceptors (Lipinski definition) is 2. The summed E-state index contributed by atoms with van der Waals surface area (Å²) in [5.74, 6) is 0. The second-order valence-electron chi connectivity index (χ2n) is 4.42. The van der Waals surface area contributed by atoms with Crippen LogP contribution in [0.1, 0.15) is 25.0 Å². The van der Waals surface area contributed by atoms with Gasteiger partial charge in [-0.3, -0.25) is 0 Å². The van der Waals surface area contributed by atoms with E-state index in [9.17, 15) is 0 Å². The van der Waals surface area contributed by atoms with Gasteiger partial charge in [0.1, 0.15) is 0 Å². The van der Waals surface area contributed by atoms with Crippen LogP contribution in [0.4, 0.5) is 0 Å². The molecular formula is C15H24O2Si. The Bertz CT molecular complexity index is 379. The molecule has 0 aromatic heterocycles. The summed E-state index contributed by atoms with van der Waals surface area (Å²) in [7, 11) is -1.93. The summed E-state index contributed by atoms with van der Waals surface area (Å²) in [6.07, 6.45) is 2.81. The van der Waals surface area contributed by atoms with Crippen molar-refractivity contribution >= 4 is 14.6 Å². The molecule has 0 aliphatic rings. The highest BCUT2D eigenvalue weighted by Crippen LogP contribution is 2.15. The van der Waals surface area contributed by atoms with Crippen molar-refractivity contribution in [2.45, 2.75) is 32.9 Å². The van der Waals surface area contributed by atoms with Gasteiger partial charge >= 0.3 is 8.56 Å². The molecule has 2 nitrogen and oxygen atoms in total. The minimum atomic E-state index is -1.93. The van der Waals surface area contributed by atoms with E-state index in [1.54, 1.807) is 0 Å². The van der Waals surface area contributed by atoms with Gasteiger partial charge < -0.3 is 8.85 Å². The minimum Gasteiger partial charge on any atom is -0.395 e. The first-order chi connectivity index (χ1) is 8.65. The van der Waals surface area contributed by atoms with Crippen LogP contribution in [0.15, 0.2) is 30.8 Å². The zero-order chi connectivity index (χ0) is 13.4. The maximum absolute atomic E-state index is 6.00. The van der Waals surface area contributed by atoms with Gasteiger partial charge in [0.15, 0.2) is 0 Å². The monoisotopic (exact) mass is 264 g/mol. The summed E-state index contributed by atoms with van der Waals surface area (Å²) < 4.78 is 11.8. The predicted octanol–water partition coefficient (Wildman–Crippen LogP) is 4.02. The fourth-order valence-electron chi connectivity index (χ4n) is 1.89. The summed E-state index contributed by atoms with van der Waals surface area (Å²) in [4.78, 5) is 0. The molecule has 0 spiro atoms. The molecule has 1 aromatic rings. The molecule has 0 aliphatic heterocycles. The van der Waals surface area contributed by atoms with Crippen molar-refractivity contribution in [3.05, 3.63) is 42.0 Å². The number of benzene rings is 1. The molecule has 0 saturated carbocycles. The zero-order valence-electron chi connectivity index (χ0n) is 11.7. The average molecular weight is 264 g/mol. The topological polar surface area (TPSA) is 18.5 Å². The molecule has 3 heteroatoms. The molecule has 0 bridgehead atoms. The standard InChI is InChI=1S/C15H24O2Si/c1-5-14-10-8-9-11-15(14)12-13-17-18(4,7-3)16-6-2/h5,8-11H,1,6-7,12-13H2,2-4H3. The Hall–Kier alpha value is -0.903. The number of hydrogen-bond donors (Lipinski definition) is 0. The van der Waals surface area contributed by atoms with Crippen LogP contribution in [-0.4, -0.2) is 21.8 Å². The molecule has 1 unspecified atom stereocenters. The lowest BCUT2D eigenvalue weighted by Crippen LogP contribution is -2.38.